The molecule has 0 atom stereocenters. The van der Waals surface area contributed by atoms with E-state index in [9.17, 15) is 4.39 Å². The molecule has 0 radical (unpaired) electrons. The molecule has 0 spiro atoms. The monoisotopic (exact) mass is 257 g/mol. The van der Waals surface area contributed by atoms with E-state index in [2.05, 4.69) is 5.32 Å². The van der Waals surface area contributed by atoms with E-state index >= 15 is 0 Å². The fourth-order valence-electron chi connectivity index (χ4n) is 1.47. The summed E-state index contributed by atoms with van der Waals surface area (Å²) in [6.07, 6.45) is 0. The molecule has 1 rings (SSSR count). The zero-order chi connectivity index (χ0) is 13.2. The topological polar surface area (TPSA) is 39.7 Å². The van der Waals surface area contributed by atoms with Crippen molar-refractivity contribution in [1.29, 1.82) is 0 Å². The van der Waals surface area contributed by atoms with Gasteiger partial charge >= 0.3 is 0 Å². The second-order valence-electron chi connectivity index (χ2n) is 3.74. The maximum Gasteiger partial charge on any atom is 0.124 e. The Bertz CT molecular complexity index is 347. The zero-order valence-electron chi connectivity index (χ0n) is 10.9. The quantitative estimate of drug-likeness (QED) is 0.682. The molecule has 0 aliphatic carbocycles. The van der Waals surface area contributed by atoms with Crippen LogP contribution in [-0.4, -0.2) is 40.6 Å². The Labute approximate surface area is 107 Å². The third-order valence-corrected chi connectivity index (χ3v) is 2.31. The van der Waals surface area contributed by atoms with Crippen LogP contribution in [0.15, 0.2) is 18.2 Å². The van der Waals surface area contributed by atoms with Crippen molar-refractivity contribution in [2.45, 2.75) is 6.54 Å². The number of hydrogen-bond donors (Lipinski definition) is 1. The van der Waals surface area contributed by atoms with Gasteiger partial charge in [0.2, 0.25) is 0 Å². The molecule has 0 unspecified atom stereocenters. The first-order chi connectivity index (χ1) is 8.77. The molecule has 0 aromatic heterocycles. The van der Waals surface area contributed by atoms with Gasteiger partial charge in [-0.2, -0.15) is 0 Å². The molecule has 5 heteroatoms. The number of benzene rings is 1. The molecule has 0 saturated heterocycles. The Morgan fingerprint density at radius 3 is 2.67 bits per heavy atom. The van der Waals surface area contributed by atoms with Crippen molar-refractivity contribution in [3.05, 3.63) is 29.6 Å². The Balaban J connectivity index is 2.36. The lowest BCUT2D eigenvalue weighted by Crippen LogP contribution is -2.12. The first-order valence-corrected chi connectivity index (χ1v) is 5.90. The highest BCUT2D eigenvalue weighted by Gasteiger charge is 2.04. The van der Waals surface area contributed by atoms with Gasteiger partial charge in [0.05, 0.1) is 19.8 Å². The van der Waals surface area contributed by atoms with Crippen LogP contribution in [0.4, 0.5) is 4.39 Å². The largest absolute Gasteiger partial charge is 0.491 e. The Kier molecular flexibility index (Phi) is 7.32. The van der Waals surface area contributed by atoms with Crippen molar-refractivity contribution >= 4 is 0 Å². The second kappa shape index (κ2) is 8.85. The van der Waals surface area contributed by atoms with Gasteiger partial charge in [-0.05, 0) is 25.2 Å². The van der Waals surface area contributed by atoms with E-state index in [1.165, 1.54) is 12.1 Å². The summed E-state index contributed by atoms with van der Waals surface area (Å²) < 4.78 is 28.8. The Morgan fingerprint density at radius 2 is 1.94 bits per heavy atom. The summed E-state index contributed by atoms with van der Waals surface area (Å²) >= 11 is 0. The van der Waals surface area contributed by atoms with Gasteiger partial charge in [0.25, 0.3) is 0 Å². The molecule has 1 aromatic carbocycles. The van der Waals surface area contributed by atoms with Gasteiger partial charge in [0, 0.05) is 19.2 Å². The molecular formula is C13H20FNO3. The highest BCUT2D eigenvalue weighted by molar-refractivity contribution is 5.33. The van der Waals surface area contributed by atoms with Gasteiger partial charge in [-0.15, -0.1) is 0 Å². The number of nitrogens with one attached hydrogen (secondary N) is 1. The van der Waals surface area contributed by atoms with E-state index in [0.29, 0.717) is 38.7 Å². The molecule has 0 bridgehead atoms. The summed E-state index contributed by atoms with van der Waals surface area (Å²) in [5, 5.41) is 2.98. The van der Waals surface area contributed by atoms with Crippen molar-refractivity contribution in [1.82, 2.24) is 5.32 Å². The van der Waals surface area contributed by atoms with Crippen molar-refractivity contribution in [2.75, 3.05) is 40.6 Å². The van der Waals surface area contributed by atoms with Crippen LogP contribution in [0.1, 0.15) is 5.56 Å². The van der Waals surface area contributed by atoms with E-state index in [0.717, 1.165) is 5.56 Å². The van der Waals surface area contributed by atoms with Crippen LogP contribution in [0.3, 0.4) is 0 Å². The lowest BCUT2D eigenvalue weighted by Gasteiger charge is -2.11. The summed E-state index contributed by atoms with van der Waals surface area (Å²) in [4.78, 5) is 0. The highest BCUT2D eigenvalue weighted by Crippen LogP contribution is 2.19. The van der Waals surface area contributed by atoms with E-state index in [-0.39, 0.29) is 5.82 Å². The van der Waals surface area contributed by atoms with Crippen molar-refractivity contribution in [3.63, 3.8) is 0 Å². The SMILES string of the molecule is CNCc1cc(F)ccc1OCCOCCOC. The Hall–Kier alpha value is -1.17. The van der Waals surface area contributed by atoms with E-state index in [4.69, 9.17) is 14.2 Å². The molecule has 4 nitrogen and oxygen atoms in total. The lowest BCUT2D eigenvalue weighted by molar-refractivity contribution is 0.0542. The number of rotatable bonds is 9. The molecule has 18 heavy (non-hydrogen) atoms. The van der Waals surface area contributed by atoms with Crippen molar-refractivity contribution in [2.24, 2.45) is 0 Å². The van der Waals surface area contributed by atoms with E-state index in [1.807, 2.05) is 7.05 Å². The first kappa shape index (κ1) is 14.9. The highest BCUT2D eigenvalue weighted by atomic mass is 19.1. The molecule has 0 fully saturated rings. The minimum absolute atomic E-state index is 0.260. The van der Waals surface area contributed by atoms with Crippen LogP contribution in [0, 0.1) is 5.82 Å². The number of hydrogen-bond acceptors (Lipinski definition) is 4. The van der Waals surface area contributed by atoms with Gasteiger partial charge in [-0.1, -0.05) is 0 Å². The van der Waals surface area contributed by atoms with Crippen molar-refractivity contribution in [3.8, 4) is 5.75 Å². The van der Waals surface area contributed by atoms with Crippen LogP contribution in [0.25, 0.3) is 0 Å². The molecule has 0 amide bonds. The third kappa shape index (κ3) is 5.44. The summed E-state index contributed by atoms with van der Waals surface area (Å²) in [5.41, 5.74) is 0.800. The maximum absolute atomic E-state index is 13.1. The fourth-order valence-corrected chi connectivity index (χ4v) is 1.47. The summed E-state index contributed by atoms with van der Waals surface area (Å²) in [5.74, 6) is 0.421. The van der Waals surface area contributed by atoms with Gasteiger partial charge in [-0.25, -0.2) is 4.39 Å². The predicted octanol–water partition coefficient (Wildman–Crippen LogP) is 1.59. The van der Waals surface area contributed by atoms with Crippen LogP contribution in [0.5, 0.6) is 5.75 Å². The third-order valence-electron chi connectivity index (χ3n) is 2.31. The molecule has 1 N–H and O–H groups in total. The molecular weight excluding hydrogens is 237 g/mol. The normalized spacial score (nSPS) is 10.6. The number of methoxy groups -OCH3 is 1. The van der Waals surface area contributed by atoms with Gasteiger partial charge < -0.3 is 19.5 Å². The van der Waals surface area contributed by atoms with Gasteiger partial charge in [-0.3, -0.25) is 0 Å². The number of halogens is 1. The van der Waals surface area contributed by atoms with Gasteiger partial charge in [0.15, 0.2) is 0 Å². The van der Waals surface area contributed by atoms with E-state index in [1.54, 1.807) is 13.2 Å². The fraction of sp³-hybridized carbons (Fsp3) is 0.538. The molecule has 0 aliphatic heterocycles. The smallest absolute Gasteiger partial charge is 0.124 e. The summed E-state index contributed by atoms with van der Waals surface area (Å²) in [7, 11) is 3.44. The number of ether oxygens (including phenoxy) is 3. The molecule has 0 saturated carbocycles. The molecule has 0 aliphatic rings. The molecule has 1 aromatic rings. The summed E-state index contributed by atoms with van der Waals surface area (Å²) in [6, 6.07) is 4.50. The maximum atomic E-state index is 13.1. The van der Waals surface area contributed by atoms with E-state index < -0.39 is 0 Å². The molecule has 102 valence electrons. The lowest BCUT2D eigenvalue weighted by atomic mass is 10.2. The van der Waals surface area contributed by atoms with Crippen LogP contribution >= 0.6 is 0 Å². The standard InChI is InChI=1S/C13H20FNO3/c1-15-10-11-9-12(14)3-4-13(11)18-8-7-17-6-5-16-2/h3-4,9,15H,5-8,10H2,1-2H3. The minimum Gasteiger partial charge on any atom is -0.491 e. The first-order valence-electron chi connectivity index (χ1n) is 5.90. The minimum atomic E-state index is -0.260. The van der Waals surface area contributed by atoms with Gasteiger partial charge in [0.1, 0.15) is 18.2 Å². The zero-order valence-corrected chi connectivity index (χ0v) is 10.9. The van der Waals surface area contributed by atoms with Crippen LogP contribution in [0.2, 0.25) is 0 Å². The predicted molar refractivity (Wildman–Crippen MR) is 67.4 cm³/mol. The Morgan fingerprint density at radius 1 is 1.17 bits per heavy atom. The second-order valence-corrected chi connectivity index (χ2v) is 3.74. The summed E-state index contributed by atoms with van der Waals surface area (Å²) in [6.45, 7) is 2.61. The average molecular weight is 257 g/mol. The van der Waals surface area contributed by atoms with Crippen LogP contribution < -0.4 is 10.1 Å². The van der Waals surface area contributed by atoms with Crippen molar-refractivity contribution < 1.29 is 18.6 Å². The average Bonchev–Trinajstić information content (AvgIpc) is 2.36. The molecule has 0 heterocycles. The van der Waals surface area contributed by atoms with Crippen LogP contribution in [-0.2, 0) is 16.0 Å².